The molecule has 1 aromatic rings. The van der Waals surface area contributed by atoms with Crippen molar-refractivity contribution in [1.82, 2.24) is 0 Å². The zero-order valence-electron chi connectivity index (χ0n) is 8.81. The van der Waals surface area contributed by atoms with E-state index in [0.717, 1.165) is 0 Å². The number of para-hydroxylation sites is 1. The minimum Gasteiger partial charge on any atom is -0.323 e. The van der Waals surface area contributed by atoms with Crippen molar-refractivity contribution in [1.29, 1.82) is 0 Å². The summed E-state index contributed by atoms with van der Waals surface area (Å²) in [5, 5.41) is 2.18. The molecule has 1 atom stereocenters. The molecule has 1 amide bonds. The maximum Gasteiger partial charge on any atom is 0.415 e. The second kappa shape index (κ2) is 4.54. The molecule has 0 aliphatic heterocycles. The summed E-state index contributed by atoms with van der Waals surface area (Å²) in [5.41, 5.74) is 2.07. The second-order valence-corrected chi connectivity index (χ2v) is 4.04. The Hall–Kier alpha value is -1.27. The first-order valence-corrected chi connectivity index (χ1v) is 4.95. The third-order valence-corrected chi connectivity index (χ3v) is 2.51. The van der Waals surface area contributed by atoms with Crippen molar-refractivity contribution in [2.45, 2.75) is 18.6 Å². The summed E-state index contributed by atoms with van der Waals surface area (Å²) in [6.07, 6.45) is -4.83. The van der Waals surface area contributed by atoms with Gasteiger partial charge >= 0.3 is 6.18 Å². The minimum absolute atomic E-state index is 0.0834. The molecule has 0 spiro atoms. The molecule has 0 aliphatic carbocycles. The SMILES string of the molecule is CC(N)(C(=O)Nc1ccccc1Cl)C(F)(F)F. The van der Waals surface area contributed by atoms with Crippen molar-refractivity contribution < 1.29 is 18.0 Å². The van der Waals surface area contributed by atoms with Crippen LogP contribution in [0.15, 0.2) is 24.3 Å². The highest BCUT2D eigenvalue weighted by atomic mass is 35.5. The van der Waals surface area contributed by atoms with E-state index in [4.69, 9.17) is 17.3 Å². The highest BCUT2D eigenvalue weighted by Gasteiger charge is 2.54. The van der Waals surface area contributed by atoms with Gasteiger partial charge in [-0.1, -0.05) is 23.7 Å². The highest BCUT2D eigenvalue weighted by Crippen LogP contribution is 2.30. The number of carbonyl (C=O) groups excluding carboxylic acids is 1. The van der Waals surface area contributed by atoms with E-state index in [1.54, 1.807) is 6.07 Å². The van der Waals surface area contributed by atoms with Gasteiger partial charge < -0.3 is 11.1 Å². The fourth-order valence-electron chi connectivity index (χ4n) is 0.943. The summed E-state index contributed by atoms with van der Waals surface area (Å²) in [7, 11) is 0. The topological polar surface area (TPSA) is 55.1 Å². The van der Waals surface area contributed by atoms with Crippen molar-refractivity contribution in [3.63, 3.8) is 0 Å². The molecule has 0 heterocycles. The maximum atomic E-state index is 12.5. The molecule has 0 radical (unpaired) electrons. The Morgan fingerprint density at radius 1 is 1.35 bits per heavy atom. The molecule has 0 bridgehead atoms. The Morgan fingerprint density at radius 2 is 1.88 bits per heavy atom. The first kappa shape index (κ1) is 13.8. The zero-order chi connectivity index (χ0) is 13.3. The lowest BCUT2D eigenvalue weighted by Crippen LogP contribution is -2.59. The van der Waals surface area contributed by atoms with Crippen LogP contribution in [0.5, 0.6) is 0 Å². The molecule has 0 saturated carbocycles. The summed E-state index contributed by atoms with van der Waals surface area (Å²) >= 11 is 5.70. The van der Waals surface area contributed by atoms with Crippen LogP contribution < -0.4 is 11.1 Å². The Balaban J connectivity index is 2.91. The maximum absolute atomic E-state index is 12.5. The number of hydrogen-bond acceptors (Lipinski definition) is 2. The molecule has 94 valence electrons. The number of nitrogens with one attached hydrogen (secondary N) is 1. The van der Waals surface area contributed by atoms with Crippen molar-refractivity contribution in [2.75, 3.05) is 5.32 Å². The lowest BCUT2D eigenvalue weighted by atomic mass is 10.0. The van der Waals surface area contributed by atoms with Crippen molar-refractivity contribution in [3.05, 3.63) is 29.3 Å². The molecule has 0 aliphatic rings. The number of benzene rings is 1. The number of carbonyl (C=O) groups is 1. The van der Waals surface area contributed by atoms with Crippen LogP contribution in [-0.2, 0) is 4.79 Å². The average molecular weight is 267 g/mol. The summed E-state index contributed by atoms with van der Waals surface area (Å²) in [6, 6.07) is 5.94. The predicted octanol–water partition coefficient (Wildman–Crippen LogP) is 2.56. The van der Waals surface area contributed by atoms with Crippen LogP contribution in [0.2, 0.25) is 5.02 Å². The minimum atomic E-state index is -4.83. The van der Waals surface area contributed by atoms with Gasteiger partial charge in [0.05, 0.1) is 10.7 Å². The average Bonchev–Trinajstić information content (AvgIpc) is 2.19. The predicted molar refractivity (Wildman–Crippen MR) is 58.7 cm³/mol. The Kier molecular flexibility index (Phi) is 3.68. The summed E-state index contributed by atoms with van der Waals surface area (Å²) < 4.78 is 37.4. The van der Waals surface area contributed by atoms with E-state index in [-0.39, 0.29) is 10.7 Å². The normalized spacial score (nSPS) is 15.2. The zero-order valence-corrected chi connectivity index (χ0v) is 9.56. The molecule has 0 aromatic heterocycles. The van der Waals surface area contributed by atoms with Crippen LogP contribution in [0.1, 0.15) is 6.92 Å². The first-order chi connectivity index (χ1) is 7.66. The monoisotopic (exact) mass is 266 g/mol. The van der Waals surface area contributed by atoms with Crippen molar-refractivity contribution >= 4 is 23.2 Å². The van der Waals surface area contributed by atoms with Gasteiger partial charge in [-0.3, -0.25) is 4.79 Å². The molecule has 0 fully saturated rings. The number of rotatable bonds is 2. The van der Waals surface area contributed by atoms with Crippen LogP contribution in [-0.4, -0.2) is 17.6 Å². The molecule has 3 N–H and O–H groups in total. The van der Waals surface area contributed by atoms with Crippen LogP contribution in [0.4, 0.5) is 18.9 Å². The largest absolute Gasteiger partial charge is 0.415 e. The Labute approximate surface area is 101 Å². The van der Waals surface area contributed by atoms with Gasteiger partial charge in [0, 0.05) is 0 Å². The van der Waals surface area contributed by atoms with Crippen molar-refractivity contribution in [2.24, 2.45) is 5.73 Å². The van der Waals surface area contributed by atoms with Crippen molar-refractivity contribution in [3.8, 4) is 0 Å². The molecule has 1 aromatic carbocycles. The highest BCUT2D eigenvalue weighted by molar-refractivity contribution is 6.33. The van der Waals surface area contributed by atoms with E-state index in [9.17, 15) is 18.0 Å². The molecular weight excluding hydrogens is 257 g/mol. The molecule has 7 heteroatoms. The van der Waals surface area contributed by atoms with Gasteiger partial charge in [0.1, 0.15) is 0 Å². The number of halogens is 4. The van der Waals surface area contributed by atoms with E-state index < -0.39 is 17.6 Å². The van der Waals surface area contributed by atoms with Gasteiger partial charge in [-0.15, -0.1) is 0 Å². The van der Waals surface area contributed by atoms with Gasteiger partial charge in [0.25, 0.3) is 5.91 Å². The summed E-state index contributed by atoms with van der Waals surface area (Å²) in [4.78, 5) is 11.4. The van der Waals surface area contributed by atoms with E-state index >= 15 is 0 Å². The molecule has 3 nitrogen and oxygen atoms in total. The molecule has 0 saturated heterocycles. The van der Waals surface area contributed by atoms with Gasteiger partial charge in [0.2, 0.25) is 0 Å². The van der Waals surface area contributed by atoms with Crippen LogP contribution >= 0.6 is 11.6 Å². The molecule has 1 rings (SSSR count). The number of alkyl halides is 3. The summed E-state index contributed by atoms with van der Waals surface area (Å²) in [5.74, 6) is -1.36. The quantitative estimate of drug-likeness (QED) is 0.864. The Bertz CT molecular complexity index is 432. The van der Waals surface area contributed by atoms with Crippen LogP contribution in [0.25, 0.3) is 0 Å². The molecule has 1 unspecified atom stereocenters. The number of hydrogen-bond donors (Lipinski definition) is 2. The van der Waals surface area contributed by atoms with E-state index in [1.165, 1.54) is 18.2 Å². The Morgan fingerprint density at radius 3 is 2.35 bits per heavy atom. The lowest BCUT2D eigenvalue weighted by Gasteiger charge is -2.26. The van der Waals surface area contributed by atoms with Gasteiger partial charge in [0.15, 0.2) is 5.54 Å². The van der Waals surface area contributed by atoms with Crippen LogP contribution in [0.3, 0.4) is 0 Å². The molecule has 17 heavy (non-hydrogen) atoms. The summed E-state index contributed by atoms with van der Waals surface area (Å²) in [6.45, 7) is 0.596. The number of amides is 1. The fraction of sp³-hybridized carbons (Fsp3) is 0.300. The smallest absolute Gasteiger partial charge is 0.323 e. The number of nitrogens with two attached hydrogens (primary N) is 1. The standard InChI is InChI=1S/C10H10ClF3N2O/c1-9(15,10(12,13)14)8(17)16-7-5-3-2-4-6(7)11/h2-5H,15H2,1H3,(H,16,17). The third-order valence-electron chi connectivity index (χ3n) is 2.18. The van der Waals surface area contributed by atoms with E-state index in [2.05, 4.69) is 0 Å². The fourth-order valence-corrected chi connectivity index (χ4v) is 1.13. The second-order valence-electron chi connectivity index (χ2n) is 3.63. The van der Waals surface area contributed by atoms with Gasteiger partial charge in [-0.2, -0.15) is 13.2 Å². The van der Waals surface area contributed by atoms with Gasteiger partial charge in [-0.25, -0.2) is 0 Å². The number of anilines is 1. The molecular formula is C10H10ClF3N2O. The lowest BCUT2D eigenvalue weighted by molar-refractivity contribution is -0.184. The van der Waals surface area contributed by atoms with Gasteiger partial charge in [-0.05, 0) is 19.1 Å². The van der Waals surface area contributed by atoms with E-state index in [1.807, 2.05) is 5.32 Å². The third kappa shape index (κ3) is 2.89. The van der Waals surface area contributed by atoms with Crippen LogP contribution in [0, 0.1) is 0 Å². The van der Waals surface area contributed by atoms with E-state index in [0.29, 0.717) is 6.92 Å². The first-order valence-electron chi connectivity index (χ1n) is 4.58.